The summed E-state index contributed by atoms with van der Waals surface area (Å²) >= 11 is 3.11. The maximum absolute atomic E-state index is 12.8. The molecular weight excluding hydrogens is 352 g/mol. The molecule has 3 heterocycles. The monoisotopic (exact) mass is 368 g/mol. The molecule has 0 saturated heterocycles. The fourth-order valence-electron chi connectivity index (χ4n) is 2.65. The lowest BCUT2D eigenvalue weighted by Gasteiger charge is -2.22. The summed E-state index contributed by atoms with van der Waals surface area (Å²) in [7, 11) is 1.78. The van der Waals surface area contributed by atoms with Crippen LogP contribution in [0, 0.1) is 0 Å². The van der Waals surface area contributed by atoms with Crippen LogP contribution < -0.4 is 0 Å². The normalized spacial score (nSPS) is 12.4. The number of para-hydroxylation sites is 1. The van der Waals surface area contributed by atoms with Crippen molar-refractivity contribution in [2.75, 3.05) is 7.05 Å². The number of thiophene rings is 1. The Kier molecular flexibility index (Phi) is 4.15. The zero-order valence-electron chi connectivity index (χ0n) is 13.8. The molecule has 4 aromatic rings. The van der Waals surface area contributed by atoms with E-state index in [0.29, 0.717) is 5.69 Å². The van der Waals surface area contributed by atoms with E-state index in [0.717, 1.165) is 27.3 Å². The third-order valence-corrected chi connectivity index (χ3v) is 5.82. The van der Waals surface area contributed by atoms with Crippen molar-refractivity contribution >= 4 is 39.5 Å². The van der Waals surface area contributed by atoms with Crippen LogP contribution in [-0.4, -0.2) is 22.8 Å². The van der Waals surface area contributed by atoms with Crippen molar-refractivity contribution in [2.45, 2.75) is 13.0 Å². The maximum Gasteiger partial charge on any atom is 0.273 e. The predicted molar refractivity (Wildman–Crippen MR) is 102 cm³/mol. The highest BCUT2D eigenvalue weighted by Crippen LogP contribution is 2.29. The fraction of sp³-hybridized carbons (Fsp3) is 0.158. The molecule has 4 rings (SSSR count). The number of furan rings is 1. The van der Waals surface area contributed by atoms with E-state index < -0.39 is 0 Å². The van der Waals surface area contributed by atoms with Gasteiger partial charge in [-0.1, -0.05) is 18.2 Å². The van der Waals surface area contributed by atoms with Crippen LogP contribution in [0.4, 0.5) is 0 Å². The number of hydrogen-bond donors (Lipinski definition) is 0. The maximum atomic E-state index is 12.8. The molecule has 0 aliphatic carbocycles. The van der Waals surface area contributed by atoms with Gasteiger partial charge >= 0.3 is 0 Å². The van der Waals surface area contributed by atoms with Crippen LogP contribution in [0.15, 0.2) is 57.0 Å². The third kappa shape index (κ3) is 2.99. The molecule has 0 N–H and O–H groups in total. The van der Waals surface area contributed by atoms with Crippen molar-refractivity contribution in [3.05, 3.63) is 64.0 Å². The lowest BCUT2D eigenvalue weighted by molar-refractivity contribution is 0.0722. The topological polar surface area (TPSA) is 46.3 Å². The van der Waals surface area contributed by atoms with Gasteiger partial charge in [0.2, 0.25) is 0 Å². The first-order chi connectivity index (χ1) is 12.1. The Morgan fingerprint density at radius 3 is 2.84 bits per heavy atom. The molecule has 1 amide bonds. The number of fused-ring (bicyclic) bond motifs is 1. The minimum absolute atomic E-state index is 0.106. The SMILES string of the molecule is C[C@H](c1cc2ccccc2o1)N(C)C(=O)c1csc(-c2ccsc2)n1. The van der Waals surface area contributed by atoms with Gasteiger partial charge in [0.15, 0.2) is 0 Å². The van der Waals surface area contributed by atoms with Crippen LogP contribution in [0.5, 0.6) is 0 Å². The number of nitrogens with zero attached hydrogens (tertiary/aromatic N) is 2. The van der Waals surface area contributed by atoms with E-state index in [1.54, 1.807) is 23.3 Å². The number of aromatic nitrogens is 1. The van der Waals surface area contributed by atoms with Crippen LogP contribution in [0.2, 0.25) is 0 Å². The zero-order chi connectivity index (χ0) is 17.4. The number of amides is 1. The van der Waals surface area contributed by atoms with Gasteiger partial charge < -0.3 is 9.32 Å². The summed E-state index contributed by atoms with van der Waals surface area (Å²) in [6.45, 7) is 1.96. The Hall–Kier alpha value is -2.44. The molecule has 0 aliphatic rings. The van der Waals surface area contributed by atoms with E-state index in [1.165, 1.54) is 11.3 Å². The Morgan fingerprint density at radius 2 is 2.08 bits per heavy atom. The Balaban J connectivity index is 1.57. The second-order valence-corrected chi connectivity index (χ2v) is 7.47. The molecule has 1 atom stereocenters. The molecule has 0 spiro atoms. The number of hydrogen-bond acceptors (Lipinski definition) is 5. The minimum atomic E-state index is -0.175. The standard InChI is InChI=1S/C19H16N2O2S2/c1-12(17-9-13-5-3-4-6-16(13)23-17)21(2)19(22)15-11-25-18(20-15)14-7-8-24-10-14/h3-12H,1-2H3/t12-/m1/s1. The Morgan fingerprint density at radius 1 is 1.24 bits per heavy atom. The third-order valence-electron chi connectivity index (χ3n) is 4.25. The van der Waals surface area contributed by atoms with Gasteiger partial charge in [-0.05, 0) is 30.5 Å². The number of carbonyl (C=O) groups excluding carboxylic acids is 1. The quantitative estimate of drug-likeness (QED) is 0.481. The summed E-state index contributed by atoms with van der Waals surface area (Å²) < 4.78 is 5.89. The van der Waals surface area contributed by atoms with Gasteiger partial charge in [-0.2, -0.15) is 11.3 Å². The van der Waals surface area contributed by atoms with Crippen LogP contribution in [0.3, 0.4) is 0 Å². The molecule has 0 radical (unpaired) electrons. The summed E-state index contributed by atoms with van der Waals surface area (Å²) in [5, 5.41) is 7.77. The van der Waals surface area contributed by atoms with E-state index in [2.05, 4.69) is 4.98 Å². The van der Waals surface area contributed by atoms with Crippen molar-refractivity contribution in [1.82, 2.24) is 9.88 Å². The van der Waals surface area contributed by atoms with Gasteiger partial charge in [0, 0.05) is 28.8 Å². The minimum Gasteiger partial charge on any atom is -0.459 e. The van der Waals surface area contributed by atoms with E-state index >= 15 is 0 Å². The first-order valence-electron chi connectivity index (χ1n) is 7.87. The second kappa shape index (κ2) is 6.46. The van der Waals surface area contributed by atoms with Gasteiger partial charge in [0.25, 0.3) is 5.91 Å². The Bertz CT molecular complexity index is 984. The Labute approximate surface area is 153 Å². The van der Waals surface area contributed by atoms with Gasteiger partial charge in [0.05, 0.1) is 6.04 Å². The summed E-state index contributed by atoms with van der Waals surface area (Å²) in [5.41, 5.74) is 2.36. The molecule has 0 bridgehead atoms. The smallest absolute Gasteiger partial charge is 0.273 e. The molecule has 3 aromatic heterocycles. The lowest BCUT2D eigenvalue weighted by atomic mass is 10.2. The van der Waals surface area contributed by atoms with Crippen LogP contribution >= 0.6 is 22.7 Å². The van der Waals surface area contributed by atoms with Gasteiger partial charge in [-0.15, -0.1) is 11.3 Å². The molecular formula is C19H16N2O2S2. The van der Waals surface area contributed by atoms with Crippen LogP contribution in [0.1, 0.15) is 29.2 Å². The van der Waals surface area contributed by atoms with Crippen molar-refractivity contribution in [2.24, 2.45) is 0 Å². The summed E-state index contributed by atoms with van der Waals surface area (Å²) in [4.78, 5) is 19.0. The highest BCUT2D eigenvalue weighted by atomic mass is 32.1. The summed E-state index contributed by atoms with van der Waals surface area (Å²) in [5.74, 6) is 0.663. The van der Waals surface area contributed by atoms with Crippen molar-refractivity contribution in [3.8, 4) is 10.6 Å². The first kappa shape index (κ1) is 16.1. The summed E-state index contributed by atoms with van der Waals surface area (Å²) in [6, 6.07) is 11.7. The van der Waals surface area contributed by atoms with Crippen LogP contribution in [-0.2, 0) is 0 Å². The number of rotatable bonds is 4. The number of benzene rings is 1. The highest BCUT2D eigenvalue weighted by molar-refractivity contribution is 7.14. The molecule has 6 heteroatoms. The molecule has 126 valence electrons. The molecule has 0 saturated carbocycles. The van der Waals surface area contributed by atoms with Gasteiger partial charge in [-0.3, -0.25) is 4.79 Å². The van der Waals surface area contributed by atoms with E-state index in [-0.39, 0.29) is 11.9 Å². The summed E-state index contributed by atoms with van der Waals surface area (Å²) in [6.07, 6.45) is 0. The predicted octanol–water partition coefficient (Wildman–Crippen LogP) is 5.45. The average molecular weight is 368 g/mol. The first-order valence-corrected chi connectivity index (χ1v) is 9.69. The molecule has 4 nitrogen and oxygen atoms in total. The van der Waals surface area contributed by atoms with E-state index in [1.807, 2.05) is 59.5 Å². The van der Waals surface area contributed by atoms with Gasteiger partial charge in [0.1, 0.15) is 22.0 Å². The fourth-order valence-corrected chi connectivity index (χ4v) is 4.15. The van der Waals surface area contributed by atoms with Crippen molar-refractivity contribution in [3.63, 3.8) is 0 Å². The van der Waals surface area contributed by atoms with E-state index in [4.69, 9.17) is 4.42 Å². The molecule has 0 unspecified atom stereocenters. The number of carbonyl (C=O) groups is 1. The lowest BCUT2D eigenvalue weighted by Crippen LogP contribution is -2.29. The second-order valence-electron chi connectivity index (χ2n) is 5.83. The average Bonchev–Trinajstić information content (AvgIpc) is 3.38. The van der Waals surface area contributed by atoms with E-state index in [9.17, 15) is 4.79 Å². The molecule has 25 heavy (non-hydrogen) atoms. The highest BCUT2D eigenvalue weighted by Gasteiger charge is 2.24. The zero-order valence-corrected chi connectivity index (χ0v) is 15.4. The number of thiazole rings is 1. The van der Waals surface area contributed by atoms with Crippen molar-refractivity contribution < 1.29 is 9.21 Å². The largest absolute Gasteiger partial charge is 0.459 e. The molecule has 0 fully saturated rings. The molecule has 1 aromatic carbocycles. The molecule has 0 aliphatic heterocycles. The van der Waals surface area contributed by atoms with Gasteiger partial charge in [-0.25, -0.2) is 4.98 Å². The van der Waals surface area contributed by atoms with Crippen molar-refractivity contribution in [1.29, 1.82) is 0 Å². The van der Waals surface area contributed by atoms with Crippen LogP contribution in [0.25, 0.3) is 21.5 Å².